The third kappa shape index (κ3) is 1.73. The highest BCUT2D eigenvalue weighted by Crippen LogP contribution is 2.33. The van der Waals surface area contributed by atoms with E-state index in [9.17, 15) is 9.59 Å². The number of halogens is 2. The number of hydrogen-bond donors (Lipinski definition) is 0. The van der Waals surface area contributed by atoms with Crippen molar-refractivity contribution in [2.24, 2.45) is 0 Å². The highest BCUT2D eigenvalue weighted by Gasteiger charge is 2.32. The zero-order valence-corrected chi connectivity index (χ0v) is 11.3. The van der Waals surface area contributed by atoms with Gasteiger partial charge in [0.05, 0.1) is 0 Å². The summed E-state index contributed by atoms with van der Waals surface area (Å²) < 4.78 is 0. The van der Waals surface area contributed by atoms with E-state index in [4.69, 9.17) is 23.2 Å². The average molecular weight is 294 g/mol. The average Bonchev–Trinajstić information content (AvgIpc) is 2.42. The molecule has 2 amide bonds. The molecule has 2 aromatic rings. The minimum absolute atomic E-state index is 0.206. The first-order valence-electron chi connectivity index (χ1n) is 5.78. The Morgan fingerprint density at radius 3 is 2.37 bits per heavy atom. The molecular weight excluding hydrogens is 285 g/mol. The molecule has 0 unspecified atom stereocenters. The van der Waals surface area contributed by atoms with Gasteiger partial charge in [-0.1, -0.05) is 23.7 Å². The molecule has 0 atom stereocenters. The lowest BCUT2D eigenvalue weighted by Gasteiger charge is -2.26. The lowest BCUT2D eigenvalue weighted by Crippen LogP contribution is -2.41. The van der Waals surface area contributed by atoms with Gasteiger partial charge in [0.15, 0.2) is 0 Å². The number of alkyl halides is 1. The monoisotopic (exact) mass is 293 g/mol. The predicted octanol–water partition coefficient (Wildman–Crippen LogP) is 3.33. The third-order valence-corrected chi connectivity index (χ3v) is 3.75. The van der Waals surface area contributed by atoms with Gasteiger partial charge in [-0.15, -0.1) is 11.6 Å². The molecule has 1 heterocycles. The van der Waals surface area contributed by atoms with Crippen molar-refractivity contribution >= 4 is 45.8 Å². The maximum Gasteiger partial charge on any atom is 0.261 e. The molecule has 19 heavy (non-hydrogen) atoms. The van der Waals surface area contributed by atoms with E-state index in [1.165, 1.54) is 4.90 Å². The fourth-order valence-electron chi connectivity index (χ4n) is 2.40. The number of imide groups is 1. The van der Waals surface area contributed by atoms with Crippen LogP contribution in [0.5, 0.6) is 0 Å². The standard InChI is InChI=1S/C14H9Cl2NO2/c15-6-7-17-13(18)9-3-1-2-8-11(16)5-4-10(12(8)9)14(17)19/h1-5H,6-7H2. The number of benzene rings is 2. The van der Waals surface area contributed by atoms with Gasteiger partial charge in [-0.25, -0.2) is 0 Å². The van der Waals surface area contributed by atoms with Gasteiger partial charge in [-0.05, 0) is 18.2 Å². The van der Waals surface area contributed by atoms with E-state index >= 15 is 0 Å². The van der Waals surface area contributed by atoms with Crippen molar-refractivity contribution in [1.82, 2.24) is 4.90 Å². The van der Waals surface area contributed by atoms with Crippen molar-refractivity contribution in [3.8, 4) is 0 Å². The molecule has 1 aliphatic rings. The van der Waals surface area contributed by atoms with Crippen molar-refractivity contribution in [2.75, 3.05) is 12.4 Å². The molecule has 2 aromatic carbocycles. The molecule has 0 aromatic heterocycles. The predicted molar refractivity (Wildman–Crippen MR) is 75.0 cm³/mol. The van der Waals surface area contributed by atoms with Crippen molar-refractivity contribution in [3.63, 3.8) is 0 Å². The van der Waals surface area contributed by atoms with Crippen molar-refractivity contribution < 1.29 is 9.59 Å². The molecule has 1 aliphatic heterocycles. The Morgan fingerprint density at radius 1 is 1.00 bits per heavy atom. The molecule has 0 bridgehead atoms. The zero-order valence-electron chi connectivity index (χ0n) is 9.82. The quantitative estimate of drug-likeness (QED) is 0.629. The van der Waals surface area contributed by atoms with Crippen LogP contribution in [-0.4, -0.2) is 29.1 Å². The first kappa shape index (κ1) is 12.5. The van der Waals surface area contributed by atoms with Crippen LogP contribution in [0.3, 0.4) is 0 Å². The summed E-state index contributed by atoms with van der Waals surface area (Å²) in [5.74, 6) is -0.409. The lowest BCUT2D eigenvalue weighted by atomic mass is 9.94. The van der Waals surface area contributed by atoms with E-state index in [0.29, 0.717) is 21.5 Å². The van der Waals surface area contributed by atoms with Crippen LogP contribution in [-0.2, 0) is 0 Å². The molecule has 5 heteroatoms. The second kappa shape index (κ2) is 4.51. The van der Waals surface area contributed by atoms with Crippen LogP contribution in [0.15, 0.2) is 30.3 Å². The number of carbonyl (C=O) groups is 2. The van der Waals surface area contributed by atoms with E-state index in [0.717, 1.165) is 5.39 Å². The van der Waals surface area contributed by atoms with Crippen LogP contribution >= 0.6 is 23.2 Å². The maximum atomic E-state index is 12.3. The second-order valence-corrected chi connectivity index (χ2v) is 5.06. The van der Waals surface area contributed by atoms with Gasteiger partial charge in [0.2, 0.25) is 0 Å². The summed E-state index contributed by atoms with van der Waals surface area (Å²) in [5, 5.41) is 1.90. The van der Waals surface area contributed by atoms with Gasteiger partial charge in [0.25, 0.3) is 11.8 Å². The van der Waals surface area contributed by atoms with Crippen LogP contribution in [0.4, 0.5) is 0 Å². The lowest BCUT2D eigenvalue weighted by molar-refractivity contribution is 0.0620. The van der Waals surface area contributed by atoms with Crippen LogP contribution in [0, 0.1) is 0 Å². The number of amides is 2. The molecular formula is C14H9Cl2NO2. The SMILES string of the molecule is O=C1c2cccc3c(Cl)ccc(c23)C(=O)N1CCCl. The summed E-state index contributed by atoms with van der Waals surface area (Å²) in [6.45, 7) is 0.206. The molecule has 3 rings (SSSR count). The Labute approximate surface area is 119 Å². The Bertz CT molecular complexity index is 690. The van der Waals surface area contributed by atoms with E-state index < -0.39 is 0 Å². The number of hydrogen-bond acceptors (Lipinski definition) is 2. The summed E-state index contributed by atoms with van der Waals surface area (Å²) in [6.07, 6.45) is 0. The van der Waals surface area contributed by atoms with E-state index in [1.54, 1.807) is 24.3 Å². The van der Waals surface area contributed by atoms with Gasteiger partial charge < -0.3 is 0 Å². The summed E-state index contributed by atoms with van der Waals surface area (Å²) in [6, 6.07) is 8.61. The maximum absolute atomic E-state index is 12.3. The van der Waals surface area contributed by atoms with Crippen LogP contribution in [0.1, 0.15) is 20.7 Å². The highest BCUT2D eigenvalue weighted by molar-refractivity contribution is 6.38. The third-order valence-electron chi connectivity index (χ3n) is 3.25. The summed E-state index contributed by atoms with van der Waals surface area (Å²) in [5.41, 5.74) is 0.999. The number of nitrogens with zero attached hydrogens (tertiary/aromatic N) is 1. The second-order valence-electron chi connectivity index (χ2n) is 4.27. The Morgan fingerprint density at radius 2 is 1.68 bits per heavy atom. The van der Waals surface area contributed by atoms with Gasteiger partial charge in [0, 0.05) is 39.3 Å². The van der Waals surface area contributed by atoms with Crippen molar-refractivity contribution in [1.29, 1.82) is 0 Å². The minimum atomic E-state index is -0.314. The van der Waals surface area contributed by atoms with Crippen LogP contribution in [0.25, 0.3) is 10.8 Å². The summed E-state index contributed by atoms with van der Waals surface area (Å²) in [4.78, 5) is 25.8. The smallest absolute Gasteiger partial charge is 0.261 e. The fraction of sp³-hybridized carbons (Fsp3) is 0.143. The fourth-order valence-corrected chi connectivity index (χ4v) is 2.79. The molecule has 0 spiro atoms. The van der Waals surface area contributed by atoms with Crippen molar-refractivity contribution in [2.45, 2.75) is 0 Å². The number of rotatable bonds is 2. The van der Waals surface area contributed by atoms with Gasteiger partial charge in [-0.2, -0.15) is 0 Å². The summed E-state index contributed by atoms with van der Waals surface area (Å²) >= 11 is 11.8. The van der Waals surface area contributed by atoms with Crippen LogP contribution in [0.2, 0.25) is 5.02 Å². The first-order valence-corrected chi connectivity index (χ1v) is 6.70. The number of carbonyl (C=O) groups excluding carboxylic acids is 2. The normalized spacial score (nSPS) is 14.3. The molecule has 0 saturated heterocycles. The molecule has 0 N–H and O–H groups in total. The van der Waals surface area contributed by atoms with Gasteiger partial charge in [0.1, 0.15) is 0 Å². The Hall–Kier alpha value is -1.58. The molecule has 0 aliphatic carbocycles. The Kier molecular flexibility index (Phi) is 2.96. The first-order chi connectivity index (χ1) is 9.15. The molecule has 3 nitrogen and oxygen atoms in total. The minimum Gasteiger partial charge on any atom is -0.273 e. The van der Waals surface area contributed by atoms with E-state index in [1.807, 2.05) is 6.07 Å². The topological polar surface area (TPSA) is 37.4 Å². The van der Waals surface area contributed by atoms with Crippen LogP contribution < -0.4 is 0 Å². The van der Waals surface area contributed by atoms with Gasteiger partial charge >= 0.3 is 0 Å². The molecule has 96 valence electrons. The summed E-state index contributed by atoms with van der Waals surface area (Å²) in [7, 11) is 0. The van der Waals surface area contributed by atoms with E-state index in [-0.39, 0.29) is 24.2 Å². The molecule has 0 radical (unpaired) electrons. The Balaban J connectivity index is 2.35. The van der Waals surface area contributed by atoms with Gasteiger partial charge in [-0.3, -0.25) is 14.5 Å². The largest absolute Gasteiger partial charge is 0.273 e. The molecule has 0 fully saturated rings. The zero-order chi connectivity index (χ0) is 13.6. The highest BCUT2D eigenvalue weighted by atomic mass is 35.5. The molecule has 0 saturated carbocycles. The van der Waals surface area contributed by atoms with Crippen molar-refractivity contribution in [3.05, 3.63) is 46.5 Å². The van der Waals surface area contributed by atoms with E-state index in [2.05, 4.69) is 0 Å².